The number of nitrogens with zero attached hydrogens (tertiary/aromatic N) is 3. The molecule has 2 saturated heterocycles. The van der Waals surface area contributed by atoms with E-state index in [1.54, 1.807) is 0 Å². The van der Waals surface area contributed by atoms with Gasteiger partial charge in [-0.3, -0.25) is 14.6 Å². The molecule has 126 valence electrons. The molecule has 0 unspecified atom stereocenters. The number of hydrogen-bond acceptors (Lipinski definition) is 3. The van der Waals surface area contributed by atoms with Gasteiger partial charge in [0.25, 0.3) is 0 Å². The van der Waals surface area contributed by atoms with Crippen molar-refractivity contribution >= 4 is 28.5 Å². The lowest BCUT2D eigenvalue weighted by Gasteiger charge is -2.35. The first kappa shape index (κ1) is 17.2. The number of amides is 1. The Kier molecular flexibility index (Phi) is 5.93. The van der Waals surface area contributed by atoms with E-state index in [0.717, 1.165) is 52.1 Å². The van der Waals surface area contributed by atoms with Crippen LogP contribution in [0.15, 0.2) is 24.3 Å². The van der Waals surface area contributed by atoms with Crippen molar-refractivity contribution in [3.8, 4) is 0 Å². The minimum absolute atomic E-state index is 0.320. The number of benzene rings is 1. The van der Waals surface area contributed by atoms with Crippen LogP contribution in [0.4, 0.5) is 0 Å². The monoisotopic (exact) mass is 427 g/mol. The van der Waals surface area contributed by atoms with E-state index < -0.39 is 0 Å². The van der Waals surface area contributed by atoms with Crippen molar-refractivity contribution < 1.29 is 4.79 Å². The highest BCUT2D eigenvalue weighted by Gasteiger charge is 2.27. The van der Waals surface area contributed by atoms with Crippen molar-refractivity contribution in [3.05, 3.63) is 33.4 Å². The summed E-state index contributed by atoms with van der Waals surface area (Å²) in [5.41, 5.74) is 1.38. The van der Waals surface area contributed by atoms with E-state index in [1.807, 2.05) is 0 Å². The average molecular weight is 427 g/mol. The van der Waals surface area contributed by atoms with Crippen LogP contribution in [0.2, 0.25) is 0 Å². The minimum atomic E-state index is 0.320. The molecule has 2 heterocycles. The summed E-state index contributed by atoms with van der Waals surface area (Å²) < 4.78 is 1.30. The predicted octanol–water partition coefficient (Wildman–Crippen LogP) is 2.42. The molecule has 2 fully saturated rings. The second-order valence-electron chi connectivity index (χ2n) is 6.76. The number of hydrogen-bond donors (Lipinski definition) is 0. The van der Waals surface area contributed by atoms with Crippen molar-refractivity contribution in [1.29, 1.82) is 0 Å². The average Bonchev–Trinajstić information content (AvgIpc) is 2.95. The minimum Gasteiger partial charge on any atom is -0.339 e. The number of halogens is 1. The molecule has 2 aliphatic heterocycles. The summed E-state index contributed by atoms with van der Waals surface area (Å²) in [5.74, 6) is 0.320. The van der Waals surface area contributed by atoms with Gasteiger partial charge in [-0.25, -0.2) is 0 Å². The first-order chi connectivity index (χ1) is 11.1. The van der Waals surface area contributed by atoms with Crippen molar-refractivity contribution in [2.45, 2.75) is 32.4 Å². The van der Waals surface area contributed by atoms with E-state index in [2.05, 4.69) is 68.5 Å². The van der Waals surface area contributed by atoms with Crippen LogP contribution in [0.1, 0.15) is 25.3 Å². The van der Waals surface area contributed by atoms with Crippen molar-refractivity contribution in [2.75, 3.05) is 39.3 Å². The highest BCUT2D eigenvalue weighted by atomic mass is 127. The molecule has 2 aliphatic rings. The summed E-state index contributed by atoms with van der Waals surface area (Å²) in [4.78, 5) is 19.3. The van der Waals surface area contributed by atoms with Gasteiger partial charge in [0.15, 0.2) is 0 Å². The number of piperazine rings is 1. The lowest BCUT2D eigenvalue weighted by Crippen LogP contribution is -2.50. The van der Waals surface area contributed by atoms with Gasteiger partial charge in [0.2, 0.25) is 5.91 Å². The highest BCUT2D eigenvalue weighted by Crippen LogP contribution is 2.17. The van der Waals surface area contributed by atoms with Gasteiger partial charge in [-0.1, -0.05) is 12.1 Å². The second-order valence-corrected chi connectivity index (χ2v) is 8.01. The van der Waals surface area contributed by atoms with E-state index in [-0.39, 0.29) is 0 Å². The van der Waals surface area contributed by atoms with Crippen LogP contribution >= 0.6 is 22.6 Å². The molecule has 1 aromatic carbocycles. The third kappa shape index (κ3) is 4.67. The van der Waals surface area contributed by atoms with E-state index in [0.29, 0.717) is 18.5 Å². The summed E-state index contributed by atoms with van der Waals surface area (Å²) in [6.07, 6.45) is 2.33. The molecule has 1 amide bonds. The van der Waals surface area contributed by atoms with Gasteiger partial charge in [-0.05, 0) is 60.1 Å². The molecule has 0 spiro atoms. The van der Waals surface area contributed by atoms with E-state index in [9.17, 15) is 4.79 Å². The van der Waals surface area contributed by atoms with Gasteiger partial charge in [-0.15, -0.1) is 0 Å². The Labute approximate surface area is 153 Å². The fourth-order valence-corrected chi connectivity index (χ4v) is 4.19. The third-order valence-corrected chi connectivity index (χ3v) is 5.66. The molecule has 1 aromatic rings. The van der Waals surface area contributed by atoms with Gasteiger partial charge in [0.05, 0.1) is 6.54 Å². The Morgan fingerprint density at radius 3 is 2.57 bits per heavy atom. The Bertz CT molecular complexity index is 543. The quantitative estimate of drug-likeness (QED) is 0.691. The van der Waals surface area contributed by atoms with E-state index in [1.165, 1.54) is 9.13 Å². The zero-order valence-corrected chi connectivity index (χ0v) is 16.0. The van der Waals surface area contributed by atoms with Crippen molar-refractivity contribution in [1.82, 2.24) is 14.7 Å². The fraction of sp³-hybridized carbons (Fsp3) is 0.611. The summed E-state index contributed by atoms with van der Waals surface area (Å²) >= 11 is 2.37. The Balaban J connectivity index is 1.44. The molecule has 23 heavy (non-hydrogen) atoms. The van der Waals surface area contributed by atoms with Gasteiger partial charge >= 0.3 is 0 Å². The maximum atomic E-state index is 12.4. The van der Waals surface area contributed by atoms with Crippen LogP contribution in [-0.4, -0.2) is 65.9 Å². The molecule has 0 N–H and O–H groups in total. The second kappa shape index (κ2) is 7.94. The Hall–Kier alpha value is -0.660. The molecule has 4 nitrogen and oxygen atoms in total. The number of carbonyl (C=O) groups is 1. The Morgan fingerprint density at radius 2 is 1.91 bits per heavy atom. The smallest absolute Gasteiger partial charge is 0.236 e. The van der Waals surface area contributed by atoms with Crippen LogP contribution in [0.3, 0.4) is 0 Å². The fourth-order valence-electron chi connectivity index (χ4n) is 3.58. The van der Waals surface area contributed by atoms with Gasteiger partial charge in [0, 0.05) is 48.9 Å². The van der Waals surface area contributed by atoms with Crippen LogP contribution in [0, 0.1) is 3.57 Å². The van der Waals surface area contributed by atoms with Crippen LogP contribution in [-0.2, 0) is 11.3 Å². The number of rotatable bonds is 4. The molecule has 1 atom stereocenters. The summed E-state index contributed by atoms with van der Waals surface area (Å²) in [5, 5.41) is 0. The number of carbonyl (C=O) groups excluding carboxylic acids is 1. The maximum Gasteiger partial charge on any atom is 0.236 e. The SMILES string of the molecule is C[C@@H]1CCCN1C(=O)CN1CCN(Cc2cccc(I)c2)CC1. The zero-order chi connectivity index (χ0) is 16.2. The van der Waals surface area contributed by atoms with Crippen molar-refractivity contribution in [3.63, 3.8) is 0 Å². The van der Waals surface area contributed by atoms with Gasteiger partial charge in [0.1, 0.15) is 0 Å². The molecule has 5 heteroatoms. The summed E-state index contributed by atoms with van der Waals surface area (Å²) in [6.45, 7) is 8.83. The first-order valence-corrected chi connectivity index (χ1v) is 9.68. The molecule has 0 radical (unpaired) electrons. The molecule has 0 saturated carbocycles. The maximum absolute atomic E-state index is 12.4. The largest absolute Gasteiger partial charge is 0.339 e. The molecule has 0 bridgehead atoms. The van der Waals surface area contributed by atoms with Crippen LogP contribution in [0.25, 0.3) is 0 Å². The Morgan fingerprint density at radius 1 is 1.17 bits per heavy atom. The first-order valence-electron chi connectivity index (χ1n) is 8.60. The molecule has 3 rings (SSSR count). The molecular formula is C18H26IN3O. The van der Waals surface area contributed by atoms with E-state index in [4.69, 9.17) is 0 Å². The lowest BCUT2D eigenvalue weighted by atomic mass is 10.2. The highest BCUT2D eigenvalue weighted by molar-refractivity contribution is 14.1. The third-order valence-electron chi connectivity index (χ3n) is 4.99. The predicted molar refractivity (Wildman–Crippen MR) is 101 cm³/mol. The zero-order valence-electron chi connectivity index (χ0n) is 13.9. The van der Waals surface area contributed by atoms with Gasteiger partial charge < -0.3 is 4.90 Å². The topological polar surface area (TPSA) is 26.8 Å². The number of likely N-dealkylation sites (tertiary alicyclic amines) is 1. The summed E-state index contributed by atoms with van der Waals surface area (Å²) in [6, 6.07) is 9.15. The lowest BCUT2D eigenvalue weighted by molar-refractivity contribution is -0.133. The van der Waals surface area contributed by atoms with Crippen LogP contribution in [0.5, 0.6) is 0 Å². The molecular weight excluding hydrogens is 401 g/mol. The van der Waals surface area contributed by atoms with Crippen LogP contribution < -0.4 is 0 Å². The standard InChI is InChI=1S/C18H26IN3O/c1-15-4-3-7-22(15)18(23)14-21-10-8-20(9-11-21)13-16-5-2-6-17(19)12-16/h2,5-6,12,15H,3-4,7-11,13-14H2,1H3/t15-/m1/s1. The van der Waals surface area contributed by atoms with E-state index >= 15 is 0 Å². The van der Waals surface area contributed by atoms with Crippen molar-refractivity contribution in [2.24, 2.45) is 0 Å². The molecule has 0 aliphatic carbocycles. The van der Waals surface area contributed by atoms with Gasteiger partial charge in [-0.2, -0.15) is 0 Å². The summed E-state index contributed by atoms with van der Waals surface area (Å²) in [7, 11) is 0. The molecule has 0 aromatic heterocycles. The normalized spacial score (nSPS) is 23.4.